The maximum absolute atomic E-state index is 13.0. The van der Waals surface area contributed by atoms with Crippen LogP contribution in [0.1, 0.15) is 34.5 Å². The van der Waals surface area contributed by atoms with Crippen LogP contribution in [0.4, 0.5) is 13.2 Å². The van der Waals surface area contributed by atoms with Gasteiger partial charge in [-0.1, -0.05) is 0 Å². The molecule has 0 saturated carbocycles. The number of hydrogen-bond donors (Lipinski definition) is 1. The van der Waals surface area contributed by atoms with Crippen molar-refractivity contribution in [3.63, 3.8) is 0 Å². The van der Waals surface area contributed by atoms with Crippen LogP contribution in [0.5, 0.6) is 11.5 Å². The van der Waals surface area contributed by atoms with Gasteiger partial charge in [0.05, 0.1) is 25.0 Å². The Kier molecular flexibility index (Phi) is 6.92. The zero-order valence-corrected chi connectivity index (χ0v) is 17.4. The first kappa shape index (κ1) is 23.4. The van der Waals surface area contributed by atoms with Crippen LogP contribution in [0.25, 0.3) is 0 Å². The summed E-state index contributed by atoms with van der Waals surface area (Å²) in [5.74, 6) is -1.34. The normalized spacial score (nSPS) is 16.8. The molecule has 4 rings (SSSR count). The molecule has 0 aliphatic carbocycles. The standard InChI is InChI=1S/C18H21N3O4.C2HF3O2/c1-3-23-10-13-8-21(9-15-14(13)7-19-20(15)2)18(22)12-4-5-16-17(6-12)25-11-24-16;3-2(4,5)1(6)7/h4-7,13H,3,8-11H2,1-2H3;(H,6,7). The van der Waals surface area contributed by atoms with Crippen molar-refractivity contribution in [1.29, 1.82) is 0 Å². The molecule has 2 aromatic rings. The lowest BCUT2D eigenvalue weighted by Gasteiger charge is -2.33. The number of hydrogen-bond acceptors (Lipinski definition) is 6. The molecule has 0 fully saturated rings. The highest BCUT2D eigenvalue weighted by atomic mass is 19.4. The van der Waals surface area contributed by atoms with Crippen molar-refractivity contribution in [1.82, 2.24) is 14.7 Å². The molecule has 12 heteroatoms. The Morgan fingerprint density at radius 1 is 1.28 bits per heavy atom. The average molecular weight is 457 g/mol. The minimum atomic E-state index is -5.08. The molecule has 2 aliphatic heterocycles. The number of fused-ring (bicyclic) bond motifs is 2. The number of amides is 1. The minimum Gasteiger partial charge on any atom is -0.475 e. The van der Waals surface area contributed by atoms with Crippen molar-refractivity contribution in [3.8, 4) is 11.5 Å². The van der Waals surface area contributed by atoms with Gasteiger partial charge in [0.25, 0.3) is 5.91 Å². The SMILES string of the molecule is CCOCC1CN(C(=O)c2ccc3c(c2)OCO3)Cc2c1cnn2C.O=C(O)C(F)(F)F. The van der Waals surface area contributed by atoms with Gasteiger partial charge in [-0.3, -0.25) is 9.48 Å². The van der Waals surface area contributed by atoms with Crippen LogP contribution in [0.15, 0.2) is 24.4 Å². The highest BCUT2D eigenvalue weighted by Crippen LogP contribution is 2.34. The van der Waals surface area contributed by atoms with Crippen LogP contribution in [-0.2, 0) is 23.1 Å². The molecule has 174 valence electrons. The van der Waals surface area contributed by atoms with Crippen molar-refractivity contribution in [3.05, 3.63) is 41.2 Å². The third-order valence-corrected chi connectivity index (χ3v) is 4.99. The first-order chi connectivity index (χ1) is 15.1. The highest BCUT2D eigenvalue weighted by molar-refractivity contribution is 5.95. The summed E-state index contributed by atoms with van der Waals surface area (Å²) in [4.78, 5) is 23.8. The monoisotopic (exact) mass is 457 g/mol. The Bertz CT molecular complexity index is 991. The predicted octanol–water partition coefficient (Wildman–Crippen LogP) is 2.56. The summed E-state index contributed by atoms with van der Waals surface area (Å²) >= 11 is 0. The van der Waals surface area contributed by atoms with Gasteiger partial charge in [-0.2, -0.15) is 18.3 Å². The number of carbonyl (C=O) groups excluding carboxylic acids is 1. The van der Waals surface area contributed by atoms with Gasteiger partial charge in [-0.05, 0) is 25.1 Å². The molecule has 3 heterocycles. The molecule has 1 amide bonds. The van der Waals surface area contributed by atoms with E-state index < -0.39 is 12.1 Å². The van der Waals surface area contributed by atoms with E-state index in [4.69, 9.17) is 24.1 Å². The third kappa shape index (κ3) is 5.13. The summed E-state index contributed by atoms with van der Waals surface area (Å²) in [6.07, 6.45) is -3.19. The van der Waals surface area contributed by atoms with E-state index in [2.05, 4.69) is 5.10 Å². The zero-order chi connectivity index (χ0) is 23.5. The lowest BCUT2D eigenvalue weighted by atomic mass is 9.95. The lowest BCUT2D eigenvalue weighted by Crippen LogP contribution is -2.40. The third-order valence-electron chi connectivity index (χ3n) is 4.99. The summed E-state index contributed by atoms with van der Waals surface area (Å²) in [6, 6.07) is 5.32. The van der Waals surface area contributed by atoms with Crippen molar-refractivity contribution >= 4 is 11.9 Å². The number of carboxylic acids is 1. The van der Waals surface area contributed by atoms with Crippen molar-refractivity contribution in [2.45, 2.75) is 25.6 Å². The van der Waals surface area contributed by atoms with E-state index >= 15 is 0 Å². The predicted molar refractivity (Wildman–Crippen MR) is 103 cm³/mol. The van der Waals surface area contributed by atoms with Gasteiger partial charge >= 0.3 is 12.1 Å². The summed E-state index contributed by atoms with van der Waals surface area (Å²) in [6.45, 7) is 4.57. The number of nitrogens with zero attached hydrogens (tertiary/aromatic N) is 3. The largest absolute Gasteiger partial charge is 0.490 e. The topological polar surface area (TPSA) is 103 Å². The molecule has 0 radical (unpaired) electrons. The summed E-state index contributed by atoms with van der Waals surface area (Å²) in [5, 5.41) is 11.5. The molecule has 1 N–H and O–H groups in total. The van der Waals surface area contributed by atoms with Gasteiger partial charge in [-0.25, -0.2) is 4.79 Å². The molecular formula is C20H22F3N3O6. The number of aliphatic carboxylic acids is 1. The smallest absolute Gasteiger partial charge is 0.475 e. The second-order valence-corrected chi connectivity index (χ2v) is 7.08. The number of rotatable bonds is 4. The van der Waals surface area contributed by atoms with E-state index in [1.54, 1.807) is 18.2 Å². The zero-order valence-electron chi connectivity index (χ0n) is 17.4. The fraction of sp³-hybridized carbons (Fsp3) is 0.450. The van der Waals surface area contributed by atoms with Crippen LogP contribution in [-0.4, -0.2) is 64.4 Å². The van der Waals surface area contributed by atoms with Gasteiger partial charge in [0.2, 0.25) is 6.79 Å². The van der Waals surface area contributed by atoms with Gasteiger partial charge < -0.3 is 24.2 Å². The molecule has 9 nitrogen and oxygen atoms in total. The number of benzene rings is 1. The Labute approximate surface area is 181 Å². The van der Waals surface area contributed by atoms with Gasteiger partial charge in [0.15, 0.2) is 11.5 Å². The second-order valence-electron chi connectivity index (χ2n) is 7.08. The number of halogens is 3. The molecule has 1 aromatic carbocycles. The Balaban J connectivity index is 0.000000360. The van der Waals surface area contributed by atoms with E-state index in [-0.39, 0.29) is 18.6 Å². The second kappa shape index (κ2) is 9.47. The Morgan fingerprint density at radius 2 is 1.97 bits per heavy atom. The molecule has 2 aliphatic rings. The maximum Gasteiger partial charge on any atom is 0.490 e. The fourth-order valence-electron chi connectivity index (χ4n) is 3.39. The molecular weight excluding hydrogens is 435 g/mol. The first-order valence-corrected chi connectivity index (χ1v) is 9.69. The number of alkyl halides is 3. The quantitative estimate of drug-likeness (QED) is 0.753. The summed E-state index contributed by atoms with van der Waals surface area (Å²) in [5.41, 5.74) is 2.83. The lowest BCUT2D eigenvalue weighted by molar-refractivity contribution is -0.192. The molecule has 0 spiro atoms. The summed E-state index contributed by atoms with van der Waals surface area (Å²) in [7, 11) is 1.91. The van der Waals surface area contributed by atoms with Crippen LogP contribution >= 0.6 is 0 Å². The number of carbonyl (C=O) groups is 2. The van der Waals surface area contributed by atoms with Crippen molar-refractivity contribution < 1.29 is 42.1 Å². The van der Waals surface area contributed by atoms with E-state index in [1.807, 2.05) is 29.7 Å². The van der Waals surface area contributed by atoms with Crippen LogP contribution in [0.3, 0.4) is 0 Å². The molecule has 1 unspecified atom stereocenters. The molecule has 0 bridgehead atoms. The minimum absolute atomic E-state index is 0.0216. The molecule has 1 atom stereocenters. The summed E-state index contributed by atoms with van der Waals surface area (Å²) < 4.78 is 49.9. The van der Waals surface area contributed by atoms with Crippen molar-refractivity contribution in [2.75, 3.05) is 26.6 Å². The van der Waals surface area contributed by atoms with Gasteiger partial charge in [0.1, 0.15) is 0 Å². The number of aromatic nitrogens is 2. The van der Waals surface area contributed by atoms with Gasteiger partial charge in [-0.15, -0.1) is 0 Å². The number of carboxylic acid groups (broad SMARTS) is 1. The fourth-order valence-corrected chi connectivity index (χ4v) is 3.39. The Hall–Kier alpha value is -3.28. The average Bonchev–Trinajstić information content (AvgIpc) is 3.37. The van der Waals surface area contributed by atoms with Crippen LogP contribution in [0, 0.1) is 0 Å². The van der Waals surface area contributed by atoms with E-state index in [1.165, 1.54) is 5.56 Å². The van der Waals surface area contributed by atoms with Gasteiger partial charge in [0, 0.05) is 37.2 Å². The Morgan fingerprint density at radius 3 is 2.62 bits per heavy atom. The molecule has 32 heavy (non-hydrogen) atoms. The van der Waals surface area contributed by atoms with Crippen LogP contribution in [0.2, 0.25) is 0 Å². The van der Waals surface area contributed by atoms with Crippen LogP contribution < -0.4 is 9.47 Å². The molecule has 1 aromatic heterocycles. The van der Waals surface area contributed by atoms with E-state index in [0.29, 0.717) is 43.4 Å². The molecule has 0 saturated heterocycles. The highest BCUT2D eigenvalue weighted by Gasteiger charge is 2.38. The van der Waals surface area contributed by atoms with E-state index in [9.17, 15) is 18.0 Å². The van der Waals surface area contributed by atoms with E-state index in [0.717, 1.165) is 5.69 Å². The first-order valence-electron chi connectivity index (χ1n) is 9.69. The number of ether oxygens (including phenoxy) is 3. The maximum atomic E-state index is 13.0. The number of aryl methyl sites for hydroxylation is 1. The van der Waals surface area contributed by atoms with Crippen molar-refractivity contribution in [2.24, 2.45) is 7.05 Å².